The molecule has 0 unspecified atom stereocenters. The Bertz CT molecular complexity index is 1750. The predicted octanol–water partition coefficient (Wildman–Crippen LogP) is 3.83. The summed E-state index contributed by atoms with van der Waals surface area (Å²) in [5.74, 6) is -1.66. The van der Waals surface area contributed by atoms with Crippen LogP contribution in [0.2, 0.25) is 0 Å². The number of alkyl carbamates (subject to hydrolysis) is 1. The van der Waals surface area contributed by atoms with E-state index < -0.39 is 34.0 Å². The quantitative estimate of drug-likeness (QED) is 0.168. The minimum atomic E-state index is -4.02. The van der Waals surface area contributed by atoms with Gasteiger partial charge in [0.1, 0.15) is 12.6 Å². The molecule has 232 valence electrons. The van der Waals surface area contributed by atoms with Crippen molar-refractivity contribution in [2.75, 3.05) is 6.54 Å². The molecule has 3 N–H and O–H groups in total. The van der Waals surface area contributed by atoms with E-state index in [1.807, 2.05) is 37.3 Å². The van der Waals surface area contributed by atoms with Crippen molar-refractivity contribution in [3.63, 3.8) is 0 Å². The van der Waals surface area contributed by atoms with Crippen LogP contribution >= 0.6 is 0 Å². The van der Waals surface area contributed by atoms with Gasteiger partial charge in [0.15, 0.2) is 0 Å². The number of aryl methyl sites for hydroxylation is 4. The minimum absolute atomic E-state index is 0.0956. The number of hydrogen-bond donors (Lipinski definition) is 3. The standard InChI is InChI=1S/C31H35N5O7S/c1-20-15-21(2)28(22(3)16-20)44(40,41)35-23(4)30(38)43-34-29(37)25-11-12-27-26(17-25)18-33-36(27)14-8-13-32-31(39)42-19-24-9-6-5-7-10-24/h5-7,9-12,15-18,23,35H,8,13-14,19H2,1-4H3,(H,32,39)(H,34,37)/t23-/m0/s1. The van der Waals surface area contributed by atoms with Gasteiger partial charge in [0.05, 0.1) is 16.6 Å². The lowest BCUT2D eigenvalue weighted by Crippen LogP contribution is -2.42. The number of nitrogens with one attached hydrogen (secondary N) is 3. The van der Waals surface area contributed by atoms with E-state index in [1.54, 1.807) is 55.1 Å². The van der Waals surface area contributed by atoms with Crippen molar-refractivity contribution >= 4 is 38.9 Å². The van der Waals surface area contributed by atoms with Crippen molar-refractivity contribution in [3.05, 3.63) is 94.7 Å². The lowest BCUT2D eigenvalue weighted by atomic mass is 10.1. The molecule has 13 heteroatoms. The fraction of sp³-hybridized carbons (Fsp3) is 0.290. The molecule has 1 heterocycles. The zero-order valence-electron chi connectivity index (χ0n) is 24.9. The lowest BCUT2D eigenvalue weighted by Gasteiger charge is -2.16. The molecular formula is C31H35N5O7S. The molecular weight excluding hydrogens is 586 g/mol. The maximum absolute atomic E-state index is 12.9. The van der Waals surface area contributed by atoms with E-state index in [1.165, 1.54) is 6.92 Å². The number of hydrogen-bond acceptors (Lipinski definition) is 8. The number of hydroxylamine groups is 1. The number of carbonyl (C=O) groups excluding carboxylic acids is 3. The molecule has 0 radical (unpaired) electrons. The molecule has 0 saturated heterocycles. The molecule has 0 aliphatic rings. The molecule has 3 aromatic carbocycles. The second-order valence-electron chi connectivity index (χ2n) is 10.4. The van der Waals surface area contributed by atoms with E-state index in [9.17, 15) is 22.8 Å². The number of aromatic nitrogens is 2. The largest absolute Gasteiger partial charge is 0.445 e. The van der Waals surface area contributed by atoms with Crippen molar-refractivity contribution in [2.45, 2.75) is 58.2 Å². The molecule has 0 spiro atoms. The van der Waals surface area contributed by atoms with E-state index in [4.69, 9.17) is 9.57 Å². The van der Waals surface area contributed by atoms with Gasteiger partial charge in [0.2, 0.25) is 10.0 Å². The topological polar surface area (TPSA) is 158 Å². The van der Waals surface area contributed by atoms with Gasteiger partial charge < -0.3 is 14.9 Å². The SMILES string of the molecule is Cc1cc(C)c(S(=O)(=O)N[C@@H](C)C(=O)ONC(=O)c2ccc3c(cnn3CCCNC(=O)OCc3ccccc3)c2)c(C)c1. The Balaban J connectivity index is 1.25. The summed E-state index contributed by atoms with van der Waals surface area (Å²) in [4.78, 5) is 42.1. The first kappa shape index (κ1) is 32.2. The fourth-order valence-electron chi connectivity index (χ4n) is 4.77. The third kappa shape index (κ3) is 8.20. The number of amides is 2. The van der Waals surface area contributed by atoms with Gasteiger partial charge in [-0.05, 0) is 69.0 Å². The summed E-state index contributed by atoms with van der Waals surface area (Å²) in [6, 6.07) is 16.5. The molecule has 0 saturated carbocycles. The Kier molecular flexibility index (Phi) is 10.3. The zero-order chi connectivity index (χ0) is 31.9. The average molecular weight is 622 g/mol. The molecule has 0 fully saturated rings. The first-order valence-corrected chi connectivity index (χ1v) is 15.4. The molecule has 12 nitrogen and oxygen atoms in total. The number of carbonyl (C=O) groups is 3. The second kappa shape index (κ2) is 14.1. The Morgan fingerprint density at radius 2 is 1.68 bits per heavy atom. The van der Waals surface area contributed by atoms with Crippen LogP contribution in [0.4, 0.5) is 4.79 Å². The van der Waals surface area contributed by atoms with E-state index in [2.05, 4.69) is 20.6 Å². The predicted molar refractivity (Wildman–Crippen MR) is 163 cm³/mol. The third-order valence-corrected chi connectivity index (χ3v) is 8.58. The average Bonchev–Trinajstić information content (AvgIpc) is 3.38. The first-order valence-electron chi connectivity index (χ1n) is 14.0. The highest BCUT2D eigenvalue weighted by molar-refractivity contribution is 7.89. The van der Waals surface area contributed by atoms with E-state index in [0.717, 1.165) is 16.6 Å². The lowest BCUT2D eigenvalue weighted by molar-refractivity contribution is -0.150. The molecule has 0 aliphatic carbocycles. The molecule has 4 rings (SSSR count). The van der Waals surface area contributed by atoms with Crippen LogP contribution in [0.1, 0.15) is 46.0 Å². The molecule has 0 bridgehead atoms. The minimum Gasteiger partial charge on any atom is -0.445 e. The fourth-order valence-corrected chi connectivity index (χ4v) is 6.42. The number of ether oxygens (including phenoxy) is 1. The Morgan fingerprint density at radius 1 is 0.977 bits per heavy atom. The van der Waals surface area contributed by atoms with Crippen LogP contribution in [0.15, 0.2) is 71.8 Å². The molecule has 1 aromatic heterocycles. The Labute approximate surface area is 255 Å². The van der Waals surface area contributed by atoms with Gasteiger partial charge in [-0.25, -0.2) is 18.0 Å². The Morgan fingerprint density at radius 3 is 2.39 bits per heavy atom. The molecule has 0 aliphatic heterocycles. The van der Waals surface area contributed by atoms with Crippen LogP contribution in [-0.4, -0.2) is 48.8 Å². The summed E-state index contributed by atoms with van der Waals surface area (Å²) in [6.45, 7) is 7.65. The normalized spacial score (nSPS) is 12.0. The first-order chi connectivity index (χ1) is 20.9. The van der Waals surface area contributed by atoms with Crippen LogP contribution in [0.3, 0.4) is 0 Å². The molecule has 44 heavy (non-hydrogen) atoms. The maximum atomic E-state index is 12.9. The molecule has 2 amide bonds. The maximum Gasteiger partial charge on any atom is 0.407 e. The summed E-state index contributed by atoms with van der Waals surface area (Å²) < 4.78 is 35.1. The summed E-state index contributed by atoms with van der Waals surface area (Å²) in [7, 11) is -4.02. The summed E-state index contributed by atoms with van der Waals surface area (Å²) in [5, 5.41) is 7.75. The van der Waals surface area contributed by atoms with Gasteiger partial charge in [0, 0.05) is 24.0 Å². The van der Waals surface area contributed by atoms with Gasteiger partial charge in [-0.15, -0.1) is 0 Å². The van der Waals surface area contributed by atoms with Gasteiger partial charge in [-0.1, -0.05) is 48.0 Å². The monoisotopic (exact) mass is 621 g/mol. The van der Waals surface area contributed by atoms with Crippen molar-refractivity contribution in [1.82, 2.24) is 25.3 Å². The number of nitrogens with zero attached hydrogens (tertiary/aromatic N) is 2. The number of fused-ring (bicyclic) bond motifs is 1. The van der Waals surface area contributed by atoms with Crippen molar-refractivity contribution < 1.29 is 32.4 Å². The van der Waals surface area contributed by atoms with Crippen molar-refractivity contribution in [1.29, 1.82) is 0 Å². The van der Waals surface area contributed by atoms with Gasteiger partial charge in [-0.2, -0.15) is 15.3 Å². The van der Waals surface area contributed by atoms with Crippen LogP contribution < -0.4 is 15.5 Å². The van der Waals surface area contributed by atoms with E-state index in [0.29, 0.717) is 36.0 Å². The molecule has 4 aromatic rings. The van der Waals surface area contributed by atoms with Crippen LogP contribution in [0, 0.1) is 20.8 Å². The van der Waals surface area contributed by atoms with Gasteiger partial charge in [-0.3, -0.25) is 9.48 Å². The number of rotatable bonds is 11. The van der Waals surface area contributed by atoms with Gasteiger partial charge in [0.25, 0.3) is 5.91 Å². The smallest absolute Gasteiger partial charge is 0.407 e. The summed E-state index contributed by atoms with van der Waals surface area (Å²) in [5.41, 5.74) is 6.00. The number of benzene rings is 3. The highest BCUT2D eigenvalue weighted by atomic mass is 32.2. The van der Waals surface area contributed by atoms with E-state index >= 15 is 0 Å². The molecule has 1 atom stereocenters. The van der Waals surface area contributed by atoms with Crippen LogP contribution in [-0.2, 0) is 37.5 Å². The van der Waals surface area contributed by atoms with Crippen molar-refractivity contribution in [3.8, 4) is 0 Å². The number of sulfonamides is 1. The highest BCUT2D eigenvalue weighted by Gasteiger charge is 2.27. The van der Waals surface area contributed by atoms with Crippen LogP contribution in [0.5, 0.6) is 0 Å². The van der Waals surface area contributed by atoms with Gasteiger partial charge >= 0.3 is 12.1 Å². The second-order valence-corrected chi connectivity index (χ2v) is 12.1. The zero-order valence-corrected chi connectivity index (χ0v) is 25.7. The summed E-state index contributed by atoms with van der Waals surface area (Å²) >= 11 is 0. The van der Waals surface area contributed by atoms with Crippen LogP contribution in [0.25, 0.3) is 10.9 Å². The van der Waals surface area contributed by atoms with Crippen molar-refractivity contribution in [2.24, 2.45) is 0 Å². The third-order valence-electron chi connectivity index (χ3n) is 6.74. The summed E-state index contributed by atoms with van der Waals surface area (Å²) in [6.07, 6.45) is 1.70. The Hall–Kier alpha value is -4.75. The highest BCUT2D eigenvalue weighted by Crippen LogP contribution is 2.22. The van der Waals surface area contributed by atoms with E-state index in [-0.39, 0.29) is 17.1 Å².